The van der Waals surface area contributed by atoms with E-state index in [9.17, 15) is 5.11 Å². The maximum Gasteiger partial charge on any atom is 0.167 e. The summed E-state index contributed by atoms with van der Waals surface area (Å²) in [7, 11) is 0. The van der Waals surface area contributed by atoms with Crippen molar-refractivity contribution in [1.82, 2.24) is 0 Å². The molecule has 0 radical (unpaired) electrons. The molecule has 1 heterocycles. The van der Waals surface area contributed by atoms with Gasteiger partial charge in [-0.1, -0.05) is 24.3 Å². The van der Waals surface area contributed by atoms with Crippen LogP contribution in [0.3, 0.4) is 0 Å². The molecule has 3 rings (SSSR count). The molecule has 0 fully saturated rings. The fourth-order valence-electron chi connectivity index (χ4n) is 2.31. The van der Waals surface area contributed by atoms with E-state index >= 15 is 0 Å². The third-order valence-corrected chi connectivity index (χ3v) is 4.02. The Labute approximate surface area is 131 Å². The molecule has 1 N–H and O–H groups in total. The summed E-state index contributed by atoms with van der Waals surface area (Å²) in [5.41, 5.74) is 1.90. The van der Waals surface area contributed by atoms with Crippen LogP contribution in [-0.4, -0.2) is 18.3 Å². The zero-order valence-electron chi connectivity index (χ0n) is 10.9. The molecular formula is C16H15IO3. The number of hydrogen-bond donors (Lipinski definition) is 1. The Morgan fingerprint density at radius 2 is 1.80 bits per heavy atom. The van der Waals surface area contributed by atoms with Crippen molar-refractivity contribution < 1.29 is 14.6 Å². The molecule has 0 spiro atoms. The highest BCUT2D eigenvalue weighted by Crippen LogP contribution is 2.37. The minimum Gasteiger partial charge on any atom is -0.486 e. The highest BCUT2D eigenvalue weighted by molar-refractivity contribution is 14.1. The molecule has 1 unspecified atom stereocenters. The van der Waals surface area contributed by atoms with Gasteiger partial charge in [-0.15, -0.1) is 0 Å². The summed E-state index contributed by atoms with van der Waals surface area (Å²) in [5.74, 6) is 1.40. The largest absolute Gasteiger partial charge is 0.486 e. The lowest BCUT2D eigenvalue weighted by atomic mass is 10.00. The number of benzene rings is 2. The van der Waals surface area contributed by atoms with E-state index in [1.165, 1.54) is 3.57 Å². The van der Waals surface area contributed by atoms with Gasteiger partial charge in [-0.25, -0.2) is 0 Å². The van der Waals surface area contributed by atoms with Crippen molar-refractivity contribution in [1.29, 1.82) is 0 Å². The van der Waals surface area contributed by atoms with Gasteiger partial charge in [-0.3, -0.25) is 0 Å². The number of aliphatic hydroxyl groups excluding tert-OH is 1. The van der Waals surface area contributed by atoms with Gasteiger partial charge in [-0.05, 0) is 46.4 Å². The quantitative estimate of drug-likeness (QED) is 0.828. The summed E-state index contributed by atoms with van der Waals surface area (Å²) in [6, 6.07) is 13.8. The first-order valence-corrected chi connectivity index (χ1v) is 7.63. The standard InChI is InChI=1S/C16H15IO3/c17-12-6-4-11(5-7-12)10-14(18)13-2-1-3-15-16(13)20-9-8-19-15/h1-7,14,18H,8-10H2. The third kappa shape index (κ3) is 2.91. The van der Waals surface area contributed by atoms with Crippen molar-refractivity contribution in [2.75, 3.05) is 13.2 Å². The van der Waals surface area contributed by atoms with Gasteiger partial charge >= 0.3 is 0 Å². The zero-order valence-corrected chi connectivity index (χ0v) is 13.0. The van der Waals surface area contributed by atoms with E-state index in [0.29, 0.717) is 25.4 Å². The first kappa shape index (κ1) is 13.7. The molecule has 0 aliphatic carbocycles. The lowest BCUT2D eigenvalue weighted by Crippen LogP contribution is -2.17. The molecule has 0 bridgehead atoms. The molecule has 4 heteroatoms. The van der Waals surface area contributed by atoms with E-state index in [1.807, 2.05) is 42.5 Å². The highest BCUT2D eigenvalue weighted by Gasteiger charge is 2.20. The number of aliphatic hydroxyl groups is 1. The van der Waals surface area contributed by atoms with E-state index in [1.54, 1.807) is 0 Å². The van der Waals surface area contributed by atoms with Crippen LogP contribution in [0, 0.1) is 3.57 Å². The number of ether oxygens (including phenoxy) is 2. The summed E-state index contributed by atoms with van der Waals surface area (Å²) in [6.45, 7) is 1.09. The van der Waals surface area contributed by atoms with Crippen molar-refractivity contribution in [3.63, 3.8) is 0 Å². The molecule has 1 aliphatic rings. The van der Waals surface area contributed by atoms with Gasteiger partial charge in [0.05, 0.1) is 6.10 Å². The van der Waals surface area contributed by atoms with Crippen LogP contribution in [0.2, 0.25) is 0 Å². The molecule has 0 amide bonds. The molecule has 1 aliphatic heterocycles. The lowest BCUT2D eigenvalue weighted by molar-refractivity contribution is 0.146. The maximum atomic E-state index is 10.5. The van der Waals surface area contributed by atoms with Gasteiger partial charge in [-0.2, -0.15) is 0 Å². The van der Waals surface area contributed by atoms with Crippen molar-refractivity contribution in [2.24, 2.45) is 0 Å². The van der Waals surface area contributed by atoms with Crippen LogP contribution >= 0.6 is 22.6 Å². The summed E-state index contributed by atoms with van der Waals surface area (Å²) >= 11 is 2.27. The molecule has 104 valence electrons. The molecule has 0 aromatic heterocycles. The number of para-hydroxylation sites is 1. The Hall–Kier alpha value is -1.27. The normalized spacial score (nSPS) is 14.9. The summed E-state index contributed by atoms with van der Waals surface area (Å²) < 4.78 is 12.4. The second-order valence-electron chi connectivity index (χ2n) is 4.72. The molecule has 0 saturated carbocycles. The Kier molecular flexibility index (Phi) is 4.12. The SMILES string of the molecule is OC(Cc1ccc(I)cc1)c1cccc2c1OCCO2. The van der Waals surface area contributed by atoms with Crippen LogP contribution in [0.15, 0.2) is 42.5 Å². The number of fused-ring (bicyclic) bond motifs is 1. The van der Waals surface area contributed by atoms with Crippen LogP contribution in [-0.2, 0) is 6.42 Å². The second-order valence-corrected chi connectivity index (χ2v) is 5.96. The van der Waals surface area contributed by atoms with Gasteiger partial charge in [0, 0.05) is 15.6 Å². The molecule has 20 heavy (non-hydrogen) atoms. The van der Waals surface area contributed by atoms with Crippen LogP contribution in [0.25, 0.3) is 0 Å². The maximum absolute atomic E-state index is 10.5. The van der Waals surface area contributed by atoms with Crippen molar-refractivity contribution in [3.05, 3.63) is 57.2 Å². The van der Waals surface area contributed by atoms with Crippen LogP contribution in [0.4, 0.5) is 0 Å². The van der Waals surface area contributed by atoms with E-state index in [-0.39, 0.29) is 0 Å². The first-order valence-electron chi connectivity index (χ1n) is 6.55. The molecule has 1 atom stereocenters. The van der Waals surface area contributed by atoms with Gasteiger partial charge in [0.2, 0.25) is 0 Å². The van der Waals surface area contributed by atoms with Crippen LogP contribution in [0.1, 0.15) is 17.2 Å². The molecule has 3 nitrogen and oxygen atoms in total. The van der Waals surface area contributed by atoms with Gasteiger partial charge < -0.3 is 14.6 Å². The molecule has 0 saturated heterocycles. The molecule has 2 aromatic rings. The summed E-state index contributed by atoms with van der Waals surface area (Å²) in [5, 5.41) is 10.5. The fraction of sp³-hybridized carbons (Fsp3) is 0.250. The van der Waals surface area contributed by atoms with Gasteiger partial charge in [0.1, 0.15) is 13.2 Å². The number of halogens is 1. The fourth-order valence-corrected chi connectivity index (χ4v) is 2.67. The Bertz CT molecular complexity index is 595. The molecular weight excluding hydrogens is 367 g/mol. The smallest absolute Gasteiger partial charge is 0.167 e. The Balaban J connectivity index is 1.83. The Morgan fingerprint density at radius 1 is 1.05 bits per heavy atom. The van der Waals surface area contributed by atoms with E-state index < -0.39 is 6.10 Å². The lowest BCUT2D eigenvalue weighted by Gasteiger charge is -2.23. The first-order chi connectivity index (χ1) is 9.74. The second kappa shape index (κ2) is 6.01. The Morgan fingerprint density at radius 3 is 2.60 bits per heavy atom. The predicted molar refractivity (Wildman–Crippen MR) is 85.3 cm³/mol. The number of hydrogen-bond acceptors (Lipinski definition) is 3. The van der Waals surface area contributed by atoms with Crippen LogP contribution < -0.4 is 9.47 Å². The van der Waals surface area contributed by atoms with E-state index in [0.717, 1.165) is 16.9 Å². The average molecular weight is 382 g/mol. The predicted octanol–water partition coefficient (Wildman–Crippen LogP) is 3.34. The minimum absolute atomic E-state index is 0.528. The third-order valence-electron chi connectivity index (χ3n) is 3.30. The average Bonchev–Trinajstić information content (AvgIpc) is 2.49. The van der Waals surface area contributed by atoms with Crippen molar-refractivity contribution in [3.8, 4) is 11.5 Å². The number of rotatable bonds is 3. The minimum atomic E-state index is -0.591. The topological polar surface area (TPSA) is 38.7 Å². The van der Waals surface area contributed by atoms with E-state index in [2.05, 4.69) is 22.6 Å². The van der Waals surface area contributed by atoms with E-state index in [4.69, 9.17) is 9.47 Å². The zero-order chi connectivity index (χ0) is 13.9. The van der Waals surface area contributed by atoms with Crippen LogP contribution in [0.5, 0.6) is 11.5 Å². The summed E-state index contributed by atoms with van der Waals surface area (Å²) in [4.78, 5) is 0. The van der Waals surface area contributed by atoms with Crippen molar-refractivity contribution in [2.45, 2.75) is 12.5 Å². The van der Waals surface area contributed by atoms with Gasteiger partial charge in [0.25, 0.3) is 0 Å². The van der Waals surface area contributed by atoms with Gasteiger partial charge in [0.15, 0.2) is 11.5 Å². The highest BCUT2D eigenvalue weighted by atomic mass is 127. The molecule has 2 aromatic carbocycles. The summed E-state index contributed by atoms with van der Waals surface area (Å²) in [6.07, 6.45) is -0.0248. The monoisotopic (exact) mass is 382 g/mol. The van der Waals surface area contributed by atoms with Crippen molar-refractivity contribution >= 4 is 22.6 Å².